The fourth-order valence-corrected chi connectivity index (χ4v) is 2.11. The lowest BCUT2D eigenvalue weighted by Gasteiger charge is -2.18. The molecule has 1 aromatic carbocycles. The molecule has 0 saturated heterocycles. The number of aliphatic carboxylic acids is 1. The van der Waals surface area contributed by atoms with Crippen LogP contribution in [0.4, 0.5) is 0 Å². The average Bonchev–Trinajstić information content (AvgIpc) is 2.52. The van der Waals surface area contributed by atoms with E-state index in [2.05, 4.69) is 10.3 Å². The van der Waals surface area contributed by atoms with Crippen LogP contribution in [-0.4, -0.2) is 43.8 Å². The number of H-pyrrole nitrogens is 1. The molecule has 4 N–H and O–H groups in total. The lowest BCUT2D eigenvalue weighted by molar-refractivity contribution is -0.156. The number of carboxylic acids is 1. The molecule has 1 unspecified atom stereocenters. The van der Waals surface area contributed by atoms with Crippen LogP contribution in [0.15, 0.2) is 33.9 Å². The number of rotatable bonds is 6. The molecule has 2 aromatic rings. The van der Waals surface area contributed by atoms with Gasteiger partial charge in [0.05, 0.1) is 17.4 Å². The highest BCUT2D eigenvalue weighted by Gasteiger charge is 2.30. The van der Waals surface area contributed by atoms with Crippen LogP contribution in [0.5, 0.6) is 0 Å². The maximum absolute atomic E-state index is 11.9. The Labute approximate surface area is 135 Å². The largest absolute Gasteiger partial charge is 0.479 e. The van der Waals surface area contributed by atoms with Crippen molar-refractivity contribution in [2.45, 2.75) is 25.5 Å². The van der Waals surface area contributed by atoms with Crippen molar-refractivity contribution < 1.29 is 19.8 Å². The predicted molar refractivity (Wildman–Crippen MR) is 84.7 cm³/mol. The summed E-state index contributed by atoms with van der Waals surface area (Å²) in [5.74, 6) is -1.98. The topological polar surface area (TPSA) is 141 Å². The summed E-state index contributed by atoms with van der Waals surface area (Å²) in [5, 5.41) is 20.9. The number of hydrogen-bond acceptors (Lipinski definition) is 5. The number of carbonyl (C=O) groups excluding carboxylic acids is 1. The van der Waals surface area contributed by atoms with Crippen LogP contribution in [0, 0.1) is 0 Å². The second-order valence-corrected chi connectivity index (χ2v) is 5.53. The van der Waals surface area contributed by atoms with Gasteiger partial charge in [0.25, 0.3) is 5.56 Å². The zero-order valence-corrected chi connectivity index (χ0v) is 12.9. The fraction of sp³-hybridized carbons (Fsp3) is 0.333. The second-order valence-electron chi connectivity index (χ2n) is 5.53. The van der Waals surface area contributed by atoms with Gasteiger partial charge >= 0.3 is 11.7 Å². The van der Waals surface area contributed by atoms with E-state index in [0.717, 1.165) is 6.92 Å². The Morgan fingerprint density at radius 1 is 1.29 bits per heavy atom. The van der Waals surface area contributed by atoms with Gasteiger partial charge in [-0.2, -0.15) is 0 Å². The number of amides is 1. The van der Waals surface area contributed by atoms with Crippen molar-refractivity contribution in [2.24, 2.45) is 0 Å². The van der Waals surface area contributed by atoms with Crippen LogP contribution in [0.25, 0.3) is 10.9 Å². The quantitative estimate of drug-likeness (QED) is 0.535. The number of nitrogens with zero attached hydrogens (tertiary/aromatic N) is 1. The highest BCUT2D eigenvalue weighted by Crippen LogP contribution is 2.07. The van der Waals surface area contributed by atoms with E-state index in [4.69, 9.17) is 5.11 Å². The van der Waals surface area contributed by atoms with Crippen molar-refractivity contribution in [3.8, 4) is 0 Å². The number of aryl methyl sites for hydroxylation is 1. The summed E-state index contributed by atoms with van der Waals surface area (Å²) in [5.41, 5.74) is -2.81. The Balaban J connectivity index is 2.12. The van der Waals surface area contributed by atoms with Gasteiger partial charge < -0.3 is 15.5 Å². The summed E-state index contributed by atoms with van der Waals surface area (Å²) in [6.45, 7) is 0.606. The van der Waals surface area contributed by atoms with Crippen molar-refractivity contribution in [1.29, 1.82) is 0 Å². The smallest absolute Gasteiger partial charge is 0.337 e. The first kappa shape index (κ1) is 17.4. The molecule has 9 heteroatoms. The zero-order chi connectivity index (χ0) is 17.9. The number of carboxylic acid groups (broad SMARTS) is 1. The van der Waals surface area contributed by atoms with E-state index in [1.165, 1.54) is 4.57 Å². The minimum atomic E-state index is -2.07. The van der Waals surface area contributed by atoms with Crippen molar-refractivity contribution in [2.75, 3.05) is 6.54 Å². The van der Waals surface area contributed by atoms with E-state index >= 15 is 0 Å². The van der Waals surface area contributed by atoms with Crippen LogP contribution in [0.2, 0.25) is 0 Å². The monoisotopic (exact) mass is 335 g/mol. The van der Waals surface area contributed by atoms with Gasteiger partial charge in [0.15, 0.2) is 5.60 Å². The molecule has 0 fully saturated rings. The number of nitrogens with one attached hydrogen (secondary N) is 2. The molecular formula is C15H17N3O6. The molecule has 0 radical (unpaired) electrons. The molecule has 0 aliphatic carbocycles. The molecule has 1 atom stereocenters. The lowest BCUT2D eigenvalue weighted by atomic mass is 10.1. The van der Waals surface area contributed by atoms with Gasteiger partial charge in [-0.15, -0.1) is 0 Å². The average molecular weight is 335 g/mol. The molecule has 1 heterocycles. The highest BCUT2D eigenvalue weighted by molar-refractivity contribution is 5.80. The Morgan fingerprint density at radius 2 is 1.96 bits per heavy atom. The third-order valence-corrected chi connectivity index (χ3v) is 3.56. The SMILES string of the molecule is CC(O)(CNC(=O)CCn1c(=O)[nH]c(=O)c2ccccc21)C(=O)O. The molecule has 128 valence electrons. The number of hydrogen-bond donors (Lipinski definition) is 4. The highest BCUT2D eigenvalue weighted by atomic mass is 16.4. The first-order valence-corrected chi connectivity index (χ1v) is 7.17. The summed E-state index contributed by atoms with van der Waals surface area (Å²) in [6.07, 6.45) is -0.119. The maximum Gasteiger partial charge on any atom is 0.337 e. The molecular weight excluding hydrogens is 318 g/mol. The van der Waals surface area contributed by atoms with Crippen LogP contribution in [-0.2, 0) is 16.1 Å². The molecule has 1 amide bonds. The van der Waals surface area contributed by atoms with Crippen molar-refractivity contribution in [1.82, 2.24) is 14.9 Å². The number of benzene rings is 1. The first-order chi connectivity index (χ1) is 11.2. The zero-order valence-electron chi connectivity index (χ0n) is 12.9. The van der Waals surface area contributed by atoms with Gasteiger partial charge in [0, 0.05) is 13.0 Å². The lowest BCUT2D eigenvalue weighted by Crippen LogP contribution is -2.46. The van der Waals surface area contributed by atoms with Crippen LogP contribution < -0.4 is 16.6 Å². The molecule has 0 bridgehead atoms. The summed E-state index contributed by atoms with van der Waals surface area (Å²) in [6, 6.07) is 6.49. The van der Waals surface area contributed by atoms with Gasteiger partial charge in [-0.05, 0) is 19.1 Å². The standard InChI is InChI=1S/C15H17N3O6/c1-15(24,13(21)22)8-16-11(19)6-7-18-10-5-3-2-4-9(10)12(20)17-14(18)23/h2-5,24H,6-8H2,1H3,(H,16,19)(H,21,22)(H,17,20,23). The number of para-hydroxylation sites is 1. The first-order valence-electron chi connectivity index (χ1n) is 7.17. The summed E-state index contributed by atoms with van der Waals surface area (Å²) >= 11 is 0. The van der Waals surface area contributed by atoms with Crippen molar-refractivity contribution >= 4 is 22.8 Å². The van der Waals surface area contributed by atoms with Gasteiger partial charge in [0.1, 0.15) is 0 Å². The third-order valence-electron chi connectivity index (χ3n) is 3.56. The minimum Gasteiger partial charge on any atom is -0.479 e. The molecule has 0 saturated carbocycles. The predicted octanol–water partition coefficient (Wildman–Crippen LogP) is -0.968. The number of aromatic amines is 1. The van der Waals surface area contributed by atoms with Crippen molar-refractivity contribution in [3.63, 3.8) is 0 Å². The normalized spacial score (nSPS) is 13.4. The van der Waals surface area contributed by atoms with Gasteiger partial charge in [-0.1, -0.05) is 12.1 Å². The third kappa shape index (κ3) is 3.69. The van der Waals surface area contributed by atoms with E-state index in [0.29, 0.717) is 10.9 Å². The number of aromatic nitrogens is 2. The Bertz CT molecular complexity index is 896. The Hall–Kier alpha value is -2.94. The summed E-state index contributed by atoms with van der Waals surface area (Å²) in [4.78, 5) is 48.4. The molecule has 24 heavy (non-hydrogen) atoms. The molecule has 1 aromatic heterocycles. The molecule has 0 aliphatic rings. The molecule has 0 aliphatic heterocycles. The minimum absolute atomic E-state index is 0.00280. The molecule has 0 spiro atoms. The number of aliphatic hydroxyl groups is 1. The Kier molecular flexibility index (Phi) is 4.84. The molecule has 9 nitrogen and oxygen atoms in total. The van der Waals surface area contributed by atoms with Gasteiger partial charge in [-0.25, -0.2) is 9.59 Å². The van der Waals surface area contributed by atoms with E-state index in [1.54, 1.807) is 24.3 Å². The van der Waals surface area contributed by atoms with Gasteiger partial charge in [0.2, 0.25) is 5.91 Å². The maximum atomic E-state index is 11.9. The fourth-order valence-electron chi connectivity index (χ4n) is 2.11. The second kappa shape index (κ2) is 6.67. The van der Waals surface area contributed by atoms with E-state index in [9.17, 15) is 24.3 Å². The Morgan fingerprint density at radius 3 is 2.62 bits per heavy atom. The molecule has 2 rings (SSSR count). The summed E-state index contributed by atoms with van der Waals surface area (Å²) in [7, 11) is 0. The van der Waals surface area contributed by atoms with Crippen LogP contribution in [0.3, 0.4) is 0 Å². The van der Waals surface area contributed by atoms with Crippen LogP contribution in [0.1, 0.15) is 13.3 Å². The number of carbonyl (C=O) groups is 2. The van der Waals surface area contributed by atoms with E-state index in [1.807, 2.05) is 0 Å². The van der Waals surface area contributed by atoms with Crippen LogP contribution >= 0.6 is 0 Å². The summed E-state index contributed by atoms with van der Waals surface area (Å²) < 4.78 is 1.26. The number of fused-ring (bicyclic) bond motifs is 1. The van der Waals surface area contributed by atoms with E-state index < -0.39 is 35.3 Å². The van der Waals surface area contributed by atoms with E-state index in [-0.39, 0.29) is 13.0 Å². The van der Waals surface area contributed by atoms with Gasteiger partial charge in [-0.3, -0.25) is 19.1 Å². The van der Waals surface area contributed by atoms with Crippen molar-refractivity contribution in [3.05, 3.63) is 45.1 Å².